The van der Waals surface area contributed by atoms with Crippen LogP contribution in [0.25, 0.3) is 0 Å². The van der Waals surface area contributed by atoms with E-state index in [0.717, 1.165) is 11.3 Å². The zero-order valence-corrected chi connectivity index (χ0v) is 8.56. The summed E-state index contributed by atoms with van der Waals surface area (Å²) in [6.07, 6.45) is 0.616. The summed E-state index contributed by atoms with van der Waals surface area (Å²) in [6, 6.07) is 1.66. The van der Waals surface area contributed by atoms with Crippen LogP contribution in [0.1, 0.15) is 23.0 Å². The van der Waals surface area contributed by atoms with Crippen molar-refractivity contribution < 1.29 is 14.6 Å². The lowest BCUT2D eigenvalue weighted by Crippen LogP contribution is -2.00. The van der Waals surface area contributed by atoms with Crippen LogP contribution in [0.3, 0.4) is 0 Å². The van der Waals surface area contributed by atoms with Crippen LogP contribution >= 0.6 is 11.3 Å². The summed E-state index contributed by atoms with van der Waals surface area (Å²) in [5.41, 5.74) is 0. The summed E-state index contributed by atoms with van der Waals surface area (Å²) in [5.74, 6) is 5.07. The smallest absolute Gasteiger partial charge is 0.349 e. The summed E-state index contributed by atoms with van der Waals surface area (Å²) in [5, 5.41) is 10.5. The summed E-state index contributed by atoms with van der Waals surface area (Å²) < 4.78 is 5.27. The molecule has 3 nitrogen and oxygen atoms in total. The van der Waals surface area contributed by atoms with Gasteiger partial charge in [0.05, 0.1) is 6.61 Å². The molecule has 4 heteroatoms. The monoisotopic (exact) mass is 210 g/mol. The van der Waals surface area contributed by atoms with Crippen LogP contribution in [0.2, 0.25) is 0 Å². The highest BCUT2D eigenvalue weighted by molar-refractivity contribution is 7.12. The molecule has 1 aromatic rings. The van der Waals surface area contributed by atoms with Crippen molar-refractivity contribution in [2.24, 2.45) is 0 Å². The summed E-state index contributed by atoms with van der Waals surface area (Å²) in [4.78, 5) is 10.9. The van der Waals surface area contributed by atoms with Gasteiger partial charge in [0, 0.05) is 6.42 Å². The zero-order valence-electron chi connectivity index (χ0n) is 7.74. The molecule has 0 radical (unpaired) electrons. The van der Waals surface area contributed by atoms with E-state index in [1.54, 1.807) is 18.4 Å². The number of carboxylic acid groups (broad SMARTS) is 1. The van der Waals surface area contributed by atoms with E-state index >= 15 is 0 Å². The number of thiophene rings is 1. The van der Waals surface area contributed by atoms with Crippen molar-refractivity contribution >= 4 is 17.3 Å². The van der Waals surface area contributed by atoms with Gasteiger partial charge in [0.2, 0.25) is 0 Å². The maximum absolute atomic E-state index is 10.7. The predicted molar refractivity (Wildman–Crippen MR) is 54.8 cm³/mol. The third-order valence-corrected chi connectivity index (χ3v) is 2.37. The van der Waals surface area contributed by atoms with Gasteiger partial charge in [-0.25, -0.2) is 4.79 Å². The average Bonchev–Trinajstić information content (AvgIpc) is 2.60. The average molecular weight is 210 g/mol. The Morgan fingerprint density at radius 3 is 3.14 bits per heavy atom. The molecule has 0 fully saturated rings. The van der Waals surface area contributed by atoms with Crippen molar-refractivity contribution in [2.45, 2.75) is 13.3 Å². The van der Waals surface area contributed by atoms with E-state index in [-0.39, 0.29) is 4.88 Å². The third kappa shape index (κ3) is 2.79. The number of ether oxygens (including phenoxy) is 1. The maximum atomic E-state index is 10.7. The van der Waals surface area contributed by atoms with E-state index in [0.29, 0.717) is 18.8 Å². The van der Waals surface area contributed by atoms with Crippen molar-refractivity contribution in [3.63, 3.8) is 0 Å². The number of rotatable bonds is 4. The van der Waals surface area contributed by atoms with Gasteiger partial charge in [0.15, 0.2) is 4.88 Å². The van der Waals surface area contributed by atoms with E-state index in [2.05, 4.69) is 11.8 Å². The Labute approximate surface area is 86.3 Å². The van der Waals surface area contributed by atoms with Crippen LogP contribution < -0.4 is 4.74 Å². The molecule has 0 amide bonds. The van der Waals surface area contributed by atoms with Crippen LogP contribution in [-0.2, 0) is 0 Å². The molecule has 0 bridgehead atoms. The predicted octanol–water partition coefficient (Wildman–Crippen LogP) is 2.24. The normalized spacial score (nSPS) is 8.93. The van der Waals surface area contributed by atoms with Gasteiger partial charge in [-0.05, 0) is 18.4 Å². The SMILES string of the molecule is CC#CCCOc1ccsc1C(=O)O. The van der Waals surface area contributed by atoms with Gasteiger partial charge in [-0.15, -0.1) is 23.2 Å². The summed E-state index contributed by atoms with van der Waals surface area (Å²) in [7, 11) is 0. The number of aromatic carboxylic acids is 1. The fourth-order valence-corrected chi connectivity index (χ4v) is 1.58. The van der Waals surface area contributed by atoms with E-state index in [1.807, 2.05) is 0 Å². The Morgan fingerprint density at radius 2 is 2.50 bits per heavy atom. The number of carboxylic acids is 1. The van der Waals surface area contributed by atoms with Gasteiger partial charge < -0.3 is 9.84 Å². The largest absolute Gasteiger partial charge is 0.491 e. The number of hydrogen-bond donors (Lipinski definition) is 1. The van der Waals surface area contributed by atoms with E-state index < -0.39 is 5.97 Å². The Hall–Kier alpha value is -1.47. The fraction of sp³-hybridized carbons (Fsp3) is 0.300. The highest BCUT2D eigenvalue weighted by atomic mass is 32.1. The topological polar surface area (TPSA) is 46.5 Å². The van der Waals surface area contributed by atoms with E-state index in [9.17, 15) is 4.79 Å². The lowest BCUT2D eigenvalue weighted by atomic mass is 10.4. The molecule has 1 heterocycles. The van der Waals surface area contributed by atoms with Crippen LogP contribution in [0.4, 0.5) is 0 Å². The summed E-state index contributed by atoms with van der Waals surface area (Å²) >= 11 is 1.16. The van der Waals surface area contributed by atoms with E-state index in [1.165, 1.54) is 0 Å². The van der Waals surface area contributed by atoms with E-state index in [4.69, 9.17) is 9.84 Å². The molecule has 0 spiro atoms. The first kappa shape index (κ1) is 10.6. The first-order valence-corrected chi connectivity index (χ1v) is 4.97. The van der Waals surface area contributed by atoms with Gasteiger partial charge in [0.1, 0.15) is 5.75 Å². The minimum atomic E-state index is -0.948. The molecule has 0 aliphatic carbocycles. The third-order valence-electron chi connectivity index (χ3n) is 1.48. The van der Waals surface area contributed by atoms with Gasteiger partial charge in [0.25, 0.3) is 0 Å². The lowest BCUT2D eigenvalue weighted by Gasteiger charge is -2.01. The highest BCUT2D eigenvalue weighted by Gasteiger charge is 2.11. The van der Waals surface area contributed by atoms with Crippen molar-refractivity contribution in [1.82, 2.24) is 0 Å². The standard InChI is InChI=1S/C10H10O3S/c1-2-3-4-6-13-8-5-7-14-9(8)10(11)12/h5,7H,4,6H2,1H3,(H,11,12). The Bertz CT molecular complexity index is 370. The molecule has 0 aliphatic rings. The van der Waals surface area contributed by atoms with Crippen molar-refractivity contribution in [2.75, 3.05) is 6.61 Å². The molecule has 1 rings (SSSR count). The van der Waals surface area contributed by atoms with Gasteiger partial charge >= 0.3 is 5.97 Å². The van der Waals surface area contributed by atoms with Crippen molar-refractivity contribution in [1.29, 1.82) is 0 Å². The molecule has 0 saturated carbocycles. The second-order valence-electron chi connectivity index (χ2n) is 2.44. The molecule has 1 aromatic heterocycles. The maximum Gasteiger partial charge on any atom is 0.349 e. The van der Waals surface area contributed by atoms with Crippen LogP contribution in [0.5, 0.6) is 5.75 Å². The first-order chi connectivity index (χ1) is 6.75. The van der Waals surface area contributed by atoms with Gasteiger partial charge in [-0.1, -0.05) is 0 Å². The minimum absolute atomic E-state index is 0.245. The van der Waals surface area contributed by atoms with Crippen LogP contribution in [-0.4, -0.2) is 17.7 Å². The first-order valence-electron chi connectivity index (χ1n) is 4.09. The van der Waals surface area contributed by atoms with Crippen molar-refractivity contribution in [3.8, 4) is 17.6 Å². The van der Waals surface area contributed by atoms with Gasteiger partial charge in [-0.2, -0.15) is 0 Å². The Morgan fingerprint density at radius 1 is 1.71 bits per heavy atom. The minimum Gasteiger partial charge on any atom is -0.491 e. The molecular weight excluding hydrogens is 200 g/mol. The fourth-order valence-electron chi connectivity index (χ4n) is 0.904. The molecule has 0 atom stereocenters. The molecular formula is C10H10O3S. The van der Waals surface area contributed by atoms with Crippen LogP contribution in [0.15, 0.2) is 11.4 Å². The number of carbonyl (C=O) groups is 1. The Balaban J connectivity index is 2.52. The summed E-state index contributed by atoms with van der Waals surface area (Å²) in [6.45, 7) is 2.19. The molecule has 0 aromatic carbocycles. The molecule has 1 N–H and O–H groups in total. The molecule has 0 unspecified atom stereocenters. The Kier molecular flexibility index (Phi) is 4.02. The van der Waals surface area contributed by atoms with Gasteiger partial charge in [-0.3, -0.25) is 0 Å². The highest BCUT2D eigenvalue weighted by Crippen LogP contribution is 2.24. The number of hydrogen-bond acceptors (Lipinski definition) is 3. The zero-order chi connectivity index (χ0) is 10.4. The molecule has 0 aliphatic heterocycles. The van der Waals surface area contributed by atoms with Crippen molar-refractivity contribution in [3.05, 3.63) is 16.3 Å². The van der Waals surface area contributed by atoms with Crippen LogP contribution in [0, 0.1) is 11.8 Å². The molecule has 14 heavy (non-hydrogen) atoms. The molecule has 0 saturated heterocycles. The lowest BCUT2D eigenvalue weighted by molar-refractivity contribution is 0.0698. The quantitative estimate of drug-likeness (QED) is 0.612. The molecule has 74 valence electrons. The second kappa shape index (κ2) is 5.30. The second-order valence-corrected chi connectivity index (χ2v) is 3.36.